The van der Waals surface area contributed by atoms with Gasteiger partial charge in [-0.2, -0.15) is 0 Å². The molecule has 0 radical (unpaired) electrons. The quantitative estimate of drug-likeness (QED) is 0.280. The summed E-state index contributed by atoms with van der Waals surface area (Å²) < 4.78 is 2.11. The third-order valence-electron chi connectivity index (χ3n) is 5.60. The number of nitrogens with one attached hydrogen (secondary N) is 1. The van der Waals surface area contributed by atoms with Crippen molar-refractivity contribution in [2.24, 2.45) is 4.99 Å². The molecule has 170 valence electrons. The van der Waals surface area contributed by atoms with E-state index in [9.17, 15) is 0 Å². The Hall–Kier alpha value is -2.62. The van der Waals surface area contributed by atoms with E-state index >= 15 is 0 Å². The average molecular weight is 545 g/mol. The Kier molecular flexibility index (Phi) is 9.33. The van der Waals surface area contributed by atoms with Gasteiger partial charge in [0, 0.05) is 51.4 Å². The Morgan fingerprint density at radius 3 is 2.34 bits per heavy atom. The number of piperazine rings is 1. The number of aliphatic imine (C=N–C) groups is 1. The van der Waals surface area contributed by atoms with Crippen LogP contribution >= 0.6 is 24.0 Å². The van der Waals surface area contributed by atoms with Gasteiger partial charge in [0.1, 0.15) is 12.2 Å². The SMILES string of the molecule is CCc1nncn1CCNC(=NCc1ccccc1)N1CCN(c2ccccc2)CC1.I. The zero-order valence-electron chi connectivity index (χ0n) is 18.6. The summed E-state index contributed by atoms with van der Waals surface area (Å²) in [6.07, 6.45) is 2.69. The number of hydrogen-bond donors (Lipinski definition) is 1. The van der Waals surface area contributed by atoms with Crippen molar-refractivity contribution in [2.75, 3.05) is 37.6 Å². The summed E-state index contributed by atoms with van der Waals surface area (Å²) >= 11 is 0. The van der Waals surface area contributed by atoms with Crippen molar-refractivity contribution in [1.29, 1.82) is 0 Å². The number of benzene rings is 2. The number of hydrogen-bond acceptors (Lipinski definition) is 4. The first-order valence-corrected chi connectivity index (χ1v) is 11.1. The van der Waals surface area contributed by atoms with E-state index in [-0.39, 0.29) is 24.0 Å². The minimum Gasteiger partial charge on any atom is -0.368 e. The molecule has 0 atom stereocenters. The molecule has 0 bridgehead atoms. The molecule has 0 amide bonds. The van der Waals surface area contributed by atoms with Crippen LogP contribution in [0.15, 0.2) is 72.0 Å². The van der Waals surface area contributed by atoms with Crippen LogP contribution in [0.1, 0.15) is 18.3 Å². The summed E-state index contributed by atoms with van der Waals surface area (Å²) in [6.45, 7) is 8.26. The molecule has 1 fully saturated rings. The second-order valence-electron chi connectivity index (χ2n) is 7.66. The van der Waals surface area contributed by atoms with Gasteiger partial charge in [0.05, 0.1) is 6.54 Å². The molecule has 4 rings (SSSR count). The predicted octanol–water partition coefficient (Wildman–Crippen LogP) is 3.43. The van der Waals surface area contributed by atoms with E-state index in [4.69, 9.17) is 4.99 Å². The molecule has 2 heterocycles. The van der Waals surface area contributed by atoms with Crippen molar-refractivity contribution in [2.45, 2.75) is 26.4 Å². The Balaban J connectivity index is 0.00000289. The van der Waals surface area contributed by atoms with Gasteiger partial charge in [0.2, 0.25) is 0 Å². The van der Waals surface area contributed by atoms with Crippen LogP contribution in [0.5, 0.6) is 0 Å². The maximum absolute atomic E-state index is 4.95. The third-order valence-corrected chi connectivity index (χ3v) is 5.60. The molecule has 7 nitrogen and oxygen atoms in total. The summed E-state index contributed by atoms with van der Waals surface area (Å²) in [5, 5.41) is 11.8. The van der Waals surface area contributed by atoms with Gasteiger partial charge in [0.15, 0.2) is 5.96 Å². The molecule has 0 aliphatic carbocycles. The zero-order valence-corrected chi connectivity index (χ0v) is 20.9. The maximum atomic E-state index is 4.95. The average Bonchev–Trinajstić information content (AvgIpc) is 3.30. The first-order valence-electron chi connectivity index (χ1n) is 11.1. The smallest absolute Gasteiger partial charge is 0.194 e. The summed E-state index contributed by atoms with van der Waals surface area (Å²) in [6, 6.07) is 21.1. The normalized spacial score (nSPS) is 14.2. The van der Waals surface area contributed by atoms with Gasteiger partial charge in [-0.3, -0.25) is 0 Å². The molecule has 2 aromatic carbocycles. The Morgan fingerprint density at radius 1 is 0.969 bits per heavy atom. The number of halogens is 1. The number of guanidine groups is 1. The molecule has 1 aliphatic heterocycles. The fourth-order valence-electron chi connectivity index (χ4n) is 3.86. The minimum atomic E-state index is 0. The van der Waals surface area contributed by atoms with Gasteiger partial charge in [-0.15, -0.1) is 34.2 Å². The summed E-state index contributed by atoms with van der Waals surface area (Å²) in [4.78, 5) is 9.76. The molecule has 1 aliphatic rings. The largest absolute Gasteiger partial charge is 0.368 e. The Bertz CT molecular complexity index is 951. The van der Waals surface area contributed by atoms with Gasteiger partial charge < -0.3 is 19.7 Å². The molecular weight excluding hydrogens is 513 g/mol. The second-order valence-corrected chi connectivity index (χ2v) is 7.66. The van der Waals surface area contributed by atoms with Crippen molar-refractivity contribution in [1.82, 2.24) is 25.0 Å². The molecule has 0 saturated carbocycles. The van der Waals surface area contributed by atoms with Gasteiger partial charge in [-0.05, 0) is 17.7 Å². The lowest BCUT2D eigenvalue weighted by atomic mass is 10.2. The van der Waals surface area contributed by atoms with Crippen molar-refractivity contribution in [3.8, 4) is 0 Å². The van der Waals surface area contributed by atoms with E-state index < -0.39 is 0 Å². The monoisotopic (exact) mass is 545 g/mol. The van der Waals surface area contributed by atoms with Crippen LogP contribution in [0.4, 0.5) is 5.69 Å². The zero-order chi connectivity index (χ0) is 21.3. The fourth-order valence-corrected chi connectivity index (χ4v) is 3.86. The Labute approximate surface area is 207 Å². The van der Waals surface area contributed by atoms with Crippen LogP contribution in [0.25, 0.3) is 0 Å². The maximum Gasteiger partial charge on any atom is 0.194 e. The van der Waals surface area contributed by atoms with Crippen LogP contribution in [-0.4, -0.2) is 58.3 Å². The first-order chi connectivity index (χ1) is 15.3. The lowest BCUT2D eigenvalue weighted by molar-refractivity contribution is 0.370. The molecule has 32 heavy (non-hydrogen) atoms. The number of aromatic nitrogens is 3. The van der Waals surface area contributed by atoms with Crippen LogP contribution in [-0.2, 0) is 19.5 Å². The van der Waals surface area contributed by atoms with Crippen LogP contribution in [0.3, 0.4) is 0 Å². The van der Waals surface area contributed by atoms with E-state index in [2.05, 4.69) is 91.4 Å². The lowest BCUT2D eigenvalue weighted by Crippen LogP contribution is -2.53. The summed E-state index contributed by atoms with van der Waals surface area (Å²) in [7, 11) is 0. The van der Waals surface area contributed by atoms with Gasteiger partial charge >= 0.3 is 0 Å². The minimum absolute atomic E-state index is 0. The molecule has 3 aromatic rings. The highest BCUT2D eigenvalue weighted by Gasteiger charge is 2.20. The molecular formula is C24H32IN7. The number of nitrogens with zero attached hydrogens (tertiary/aromatic N) is 6. The highest BCUT2D eigenvalue weighted by atomic mass is 127. The molecule has 8 heteroatoms. The van der Waals surface area contributed by atoms with Gasteiger partial charge in [-0.25, -0.2) is 4.99 Å². The predicted molar refractivity (Wildman–Crippen MR) is 141 cm³/mol. The summed E-state index contributed by atoms with van der Waals surface area (Å²) in [5.74, 6) is 1.99. The van der Waals surface area contributed by atoms with E-state index in [0.717, 1.165) is 57.5 Å². The van der Waals surface area contributed by atoms with Crippen LogP contribution in [0, 0.1) is 0 Å². The first kappa shape index (κ1) is 24.0. The molecule has 0 spiro atoms. The highest BCUT2D eigenvalue weighted by Crippen LogP contribution is 2.15. The highest BCUT2D eigenvalue weighted by molar-refractivity contribution is 14.0. The van der Waals surface area contributed by atoms with E-state index in [1.807, 2.05) is 6.07 Å². The number of aryl methyl sites for hydroxylation is 1. The van der Waals surface area contributed by atoms with Crippen molar-refractivity contribution >= 4 is 35.6 Å². The number of anilines is 1. The third kappa shape index (κ3) is 6.44. The van der Waals surface area contributed by atoms with Crippen LogP contribution in [0.2, 0.25) is 0 Å². The van der Waals surface area contributed by atoms with Crippen molar-refractivity contribution in [3.63, 3.8) is 0 Å². The van der Waals surface area contributed by atoms with Gasteiger partial charge in [-0.1, -0.05) is 55.5 Å². The van der Waals surface area contributed by atoms with Crippen molar-refractivity contribution < 1.29 is 0 Å². The number of para-hydroxylation sites is 1. The van der Waals surface area contributed by atoms with E-state index in [1.54, 1.807) is 6.33 Å². The molecule has 1 saturated heterocycles. The molecule has 1 N–H and O–H groups in total. The molecule has 0 unspecified atom stereocenters. The van der Waals surface area contributed by atoms with E-state index in [0.29, 0.717) is 6.54 Å². The topological polar surface area (TPSA) is 61.6 Å². The molecule has 1 aromatic heterocycles. The fraction of sp³-hybridized carbons (Fsp3) is 0.375. The van der Waals surface area contributed by atoms with Crippen LogP contribution < -0.4 is 10.2 Å². The summed E-state index contributed by atoms with van der Waals surface area (Å²) in [5.41, 5.74) is 2.51. The van der Waals surface area contributed by atoms with Crippen molar-refractivity contribution in [3.05, 3.63) is 78.4 Å². The Morgan fingerprint density at radius 2 is 1.66 bits per heavy atom. The number of rotatable bonds is 7. The standard InChI is InChI=1S/C24H31N7.HI/c1-2-23-28-27-20-31(23)14-13-25-24(26-19-21-9-5-3-6-10-21)30-17-15-29(16-18-30)22-11-7-4-8-12-22;/h3-12,20H,2,13-19H2,1H3,(H,25,26);1H. The second kappa shape index (κ2) is 12.4. The van der Waals surface area contributed by atoms with Gasteiger partial charge in [0.25, 0.3) is 0 Å². The van der Waals surface area contributed by atoms with E-state index in [1.165, 1.54) is 11.3 Å². The lowest BCUT2D eigenvalue weighted by Gasteiger charge is -2.37.